The van der Waals surface area contributed by atoms with Crippen LogP contribution in [-0.4, -0.2) is 29.0 Å². The molecule has 0 radical (unpaired) electrons. The van der Waals surface area contributed by atoms with Crippen LogP contribution < -0.4 is 10.2 Å². The van der Waals surface area contributed by atoms with Crippen LogP contribution in [0, 0.1) is 26.7 Å². The Kier molecular flexibility index (Phi) is 5.71. The summed E-state index contributed by atoms with van der Waals surface area (Å²) in [6, 6.07) is 14.5. The van der Waals surface area contributed by atoms with Gasteiger partial charge in [0.25, 0.3) is 0 Å². The minimum atomic E-state index is 0.0231. The second-order valence-electron chi connectivity index (χ2n) is 8.46. The quantitative estimate of drug-likeness (QED) is 0.690. The number of nitrogens with one attached hydrogen (secondary N) is 1. The van der Waals surface area contributed by atoms with E-state index in [1.54, 1.807) is 0 Å². The highest BCUT2D eigenvalue weighted by Gasteiger charge is 2.27. The summed E-state index contributed by atoms with van der Waals surface area (Å²) in [6.45, 7) is 9.93. The zero-order chi connectivity index (χ0) is 21.3. The Bertz CT molecular complexity index is 1060. The fraction of sp³-hybridized carbons (Fsp3) is 0.400. The Morgan fingerprint density at radius 1 is 1.03 bits per heavy atom. The Labute approximate surface area is 178 Å². The molecule has 0 aliphatic carbocycles. The molecule has 5 heteroatoms. The van der Waals surface area contributed by atoms with Crippen molar-refractivity contribution in [2.24, 2.45) is 5.92 Å². The lowest BCUT2D eigenvalue weighted by atomic mass is 9.95. The van der Waals surface area contributed by atoms with Crippen LogP contribution in [0.2, 0.25) is 0 Å². The molecule has 0 spiro atoms. The molecular weight excluding hydrogens is 372 g/mol. The highest BCUT2D eigenvalue weighted by Crippen LogP contribution is 2.26. The van der Waals surface area contributed by atoms with Gasteiger partial charge in [0.1, 0.15) is 0 Å². The number of aryl methyl sites for hydroxylation is 3. The van der Waals surface area contributed by atoms with E-state index < -0.39 is 0 Å². The third-order valence-electron chi connectivity index (χ3n) is 6.30. The zero-order valence-electron chi connectivity index (χ0n) is 18.3. The molecule has 2 aromatic carbocycles. The molecular formula is C25H30N4O. The van der Waals surface area contributed by atoms with Crippen molar-refractivity contribution in [2.45, 2.75) is 46.6 Å². The maximum Gasteiger partial charge on any atom is 0.226 e. The molecule has 1 saturated heterocycles. The summed E-state index contributed by atoms with van der Waals surface area (Å²) < 4.78 is 0. The van der Waals surface area contributed by atoms with Crippen LogP contribution in [0.4, 0.5) is 5.95 Å². The van der Waals surface area contributed by atoms with Crippen molar-refractivity contribution >= 4 is 22.8 Å². The number of hydrogen-bond acceptors (Lipinski definition) is 4. The molecule has 3 aromatic rings. The van der Waals surface area contributed by atoms with Crippen LogP contribution >= 0.6 is 0 Å². The second kappa shape index (κ2) is 8.42. The van der Waals surface area contributed by atoms with E-state index in [2.05, 4.69) is 48.3 Å². The minimum Gasteiger partial charge on any atom is -0.349 e. The molecule has 30 heavy (non-hydrogen) atoms. The number of nitrogens with zero attached hydrogens (tertiary/aromatic N) is 3. The van der Waals surface area contributed by atoms with Gasteiger partial charge in [0, 0.05) is 24.4 Å². The maximum atomic E-state index is 12.8. The molecule has 1 N–H and O–H groups in total. The summed E-state index contributed by atoms with van der Waals surface area (Å²) in [4.78, 5) is 24.6. The molecule has 1 aromatic heterocycles. The standard InChI is InChI=1S/C25H30N4O/c1-16-14-22-19(4)27-25(28-23(22)15-17(16)2)29-12-10-21(11-13-29)24(30)26-18(3)20-8-6-5-7-9-20/h5-9,14-15,18,21H,10-13H2,1-4H3,(H,26,30)/t18-/m1/s1. The first-order chi connectivity index (χ1) is 14.4. The van der Waals surface area contributed by atoms with Gasteiger partial charge in [0.15, 0.2) is 0 Å². The molecule has 2 heterocycles. The Morgan fingerprint density at radius 3 is 2.40 bits per heavy atom. The van der Waals surface area contributed by atoms with Gasteiger partial charge in [-0.3, -0.25) is 4.79 Å². The fourth-order valence-electron chi connectivity index (χ4n) is 4.17. The van der Waals surface area contributed by atoms with Crippen molar-refractivity contribution < 1.29 is 4.79 Å². The van der Waals surface area contributed by atoms with Crippen LogP contribution in [0.1, 0.15) is 48.2 Å². The van der Waals surface area contributed by atoms with Gasteiger partial charge in [0.05, 0.1) is 17.3 Å². The molecule has 4 rings (SSSR count). The molecule has 1 amide bonds. The topological polar surface area (TPSA) is 58.1 Å². The van der Waals surface area contributed by atoms with E-state index in [1.807, 2.05) is 32.0 Å². The van der Waals surface area contributed by atoms with Gasteiger partial charge in [0.2, 0.25) is 11.9 Å². The van der Waals surface area contributed by atoms with E-state index in [4.69, 9.17) is 9.97 Å². The number of piperidine rings is 1. The molecule has 1 fully saturated rings. The number of hydrogen-bond donors (Lipinski definition) is 1. The van der Waals surface area contributed by atoms with Crippen LogP contribution in [0.15, 0.2) is 42.5 Å². The van der Waals surface area contributed by atoms with Crippen LogP contribution in [0.5, 0.6) is 0 Å². The summed E-state index contributed by atoms with van der Waals surface area (Å²) in [7, 11) is 0. The first-order valence-corrected chi connectivity index (χ1v) is 10.8. The average Bonchev–Trinajstić information content (AvgIpc) is 2.75. The van der Waals surface area contributed by atoms with Gasteiger partial charge in [-0.25, -0.2) is 9.97 Å². The Balaban J connectivity index is 1.42. The van der Waals surface area contributed by atoms with E-state index >= 15 is 0 Å². The highest BCUT2D eigenvalue weighted by molar-refractivity contribution is 5.83. The van der Waals surface area contributed by atoms with Gasteiger partial charge < -0.3 is 10.2 Å². The summed E-state index contributed by atoms with van der Waals surface area (Å²) in [5, 5.41) is 4.29. The van der Waals surface area contributed by atoms with Gasteiger partial charge in [-0.05, 0) is 69.4 Å². The number of carbonyl (C=O) groups is 1. The fourth-order valence-corrected chi connectivity index (χ4v) is 4.17. The zero-order valence-corrected chi connectivity index (χ0v) is 18.3. The van der Waals surface area contributed by atoms with Crippen molar-refractivity contribution in [1.82, 2.24) is 15.3 Å². The van der Waals surface area contributed by atoms with Crippen LogP contribution in [0.3, 0.4) is 0 Å². The third kappa shape index (κ3) is 4.16. The third-order valence-corrected chi connectivity index (χ3v) is 6.30. The molecule has 156 valence electrons. The number of anilines is 1. The lowest BCUT2D eigenvalue weighted by Crippen LogP contribution is -2.41. The summed E-state index contributed by atoms with van der Waals surface area (Å²) in [5.41, 5.74) is 5.65. The number of benzene rings is 2. The van der Waals surface area contributed by atoms with Crippen molar-refractivity contribution in [3.63, 3.8) is 0 Å². The SMILES string of the molecule is Cc1cc2nc(N3CCC(C(=O)N[C@H](C)c4ccccc4)CC3)nc(C)c2cc1C. The summed E-state index contributed by atoms with van der Waals surface area (Å²) >= 11 is 0. The van der Waals surface area contributed by atoms with Gasteiger partial charge in [-0.2, -0.15) is 0 Å². The maximum absolute atomic E-state index is 12.8. The van der Waals surface area contributed by atoms with E-state index in [0.29, 0.717) is 0 Å². The van der Waals surface area contributed by atoms with Crippen molar-refractivity contribution in [2.75, 3.05) is 18.0 Å². The molecule has 0 unspecified atom stereocenters. The minimum absolute atomic E-state index is 0.0231. The molecule has 0 saturated carbocycles. The summed E-state index contributed by atoms with van der Waals surface area (Å²) in [6.07, 6.45) is 1.64. The van der Waals surface area contributed by atoms with E-state index in [0.717, 1.165) is 54.0 Å². The predicted molar refractivity (Wildman–Crippen MR) is 122 cm³/mol. The average molecular weight is 403 g/mol. The predicted octanol–water partition coefficient (Wildman–Crippen LogP) is 4.65. The number of fused-ring (bicyclic) bond motifs is 1. The highest BCUT2D eigenvalue weighted by atomic mass is 16.1. The van der Waals surface area contributed by atoms with Crippen molar-refractivity contribution in [3.05, 3.63) is 64.8 Å². The van der Waals surface area contributed by atoms with E-state index in [1.165, 1.54) is 11.1 Å². The molecule has 0 bridgehead atoms. The van der Waals surface area contributed by atoms with Crippen molar-refractivity contribution in [1.29, 1.82) is 0 Å². The second-order valence-corrected chi connectivity index (χ2v) is 8.46. The smallest absolute Gasteiger partial charge is 0.226 e. The summed E-state index contributed by atoms with van der Waals surface area (Å²) in [5.74, 6) is 0.964. The molecule has 1 atom stereocenters. The van der Waals surface area contributed by atoms with E-state index in [-0.39, 0.29) is 17.9 Å². The monoisotopic (exact) mass is 402 g/mol. The van der Waals surface area contributed by atoms with E-state index in [9.17, 15) is 4.79 Å². The largest absolute Gasteiger partial charge is 0.349 e. The van der Waals surface area contributed by atoms with Crippen LogP contribution in [-0.2, 0) is 4.79 Å². The normalized spacial score (nSPS) is 15.9. The molecule has 1 aliphatic rings. The Morgan fingerprint density at radius 2 is 1.70 bits per heavy atom. The van der Waals surface area contributed by atoms with Crippen LogP contribution in [0.25, 0.3) is 10.9 Å². The molecule has 1 aliphatic heterocycles. The first-order valence-electron chi connectivity index (χ1n) is 10.8. The Hall–Kier alpha value is -2.95. The van der Waals surface area contributed by atoms with Crippen molar-refractivity contribution in [3.8, 4) is 0 Å². The number of carbonyl (C=O) groups excluding carboxylic acids is 1. The number of amides is 1. The van der Waals surface area contributed by atoms with Gasteiger partial charge in [-0.15, -0.1) is 0 Å². The number of rotatable bonds is 4. The lowest BCUT2D eigenvalue weighted by Gasteiger charge is -2.32. The number of aromatic nitrogens is 2. The first kappa shape index (κ1) is 20.3. The van der Waals surface area contributed by atoms with Gasteiger partial charge in [-0.1, -0.05) is 30.3 Å². The molecule has 5 nitrogen and oxygen atoms in total. The lowest BCUT2D eigenvalue weighted by molar-refractivity contribution is -0.126. The van der Waals surface area contributed by atoms with Gasteiger partial charge >= 0.3 is 0 Å².